The molecular formula is C18H20N2O4S. The average Bonchev–Trinajstić information content (AvgIpc) is 2.74. The van der Waals surface area contributed by atoms with E-state index < -0.39 is 10.0 Å². The predicted molar refractivity (Wildman–Crippen MR) is 95.5 cm³/mol. The van der Waals surface area contributed by atoms with Crippen LogP contribution in [0.4, 0.5) is 5.69 Å². The van der Waals surface area contributed by atoms with Gasteiger partial charge in [0.05, 0.1) is 17.0 Å². The van der Waals surface area contributed by atoms with E-state index in [2.05, 4.69) is 4.72 Å². The van der Waals surface area contributed by atoms with Gasteiger partial charge in [-0.05, 0) is 42.3 Å². The Bertz CT molecular complexity index is 892. The molecule has 2 aromatic carbocycles. The van der Waals surface area contributed by atoms with Crippen LogP contribution in [0.2, 0.25) is 0 Å². The number of sulfonamides is 1. The van der Waals surface area contributed by atoms with Crippen molar-refractivity contribution in [1.29, 1.82) is 0 Å². The van der Waals surface area contributed by atoms with Crippen LogP contribution in [-0.4, -0.2) is 39.4 Å². The molecule has 132 valence electrons. The summed E-state index contributed by atoms with van der Waals surface area (Å²) in [5, 5.41) is 0. The second-order valence-corrected chi connectivity index (χ2v) is 7.57. The summed E-state index contributed by atoms with van der Waals surface area (Å²) in [6, 6.07) is 11.5. The van der Waals surface area contributed by atoms with Crippen molar-refractivity contribution in [3.8, 4) is 5.75 Å². The molecule has 0 aliphatic carbocycles. The van der Waals surface area contributed by atoms with E-state index in [1.54, 1.807) is 48.3 Å². The van der Waals surface area contributed by atoms with Gasteiger partial charge in [0.15, 0.2) is 0 Å². The fourth-order valence-corrected chi connectivity index (χ4v) is 3.65. The van der Waals surface area contributed by atoms with Crippen molar-refractivity contribution < 1.29 is 17.9 Å². The van der Waals surface area contributed by atoms with Gasteiger partial charge >= 0.3 is 0 Å². The van der Waals surface area contributed by atoms with Crippen molar-refractivity contribution in [1.82, 2.24) is 4.90 Å². The van der Waals surface area contributed by atoms with Gasteiger partial charge in [-0.15, -0.1) is 0 Å². The Balaban J connectivity index is 1.89. The fourth-order valence-electron chi connectivity index (χ4n) is 2.60. The first-order valence-electron chi connectivity index (χ1n) is 8.05. The van der Waals surface area contributed by atoms with E-state index in [9.17, 15) is 13.2 Å². The molecule has 1 aliphatic rings. The highest BCUT2D eigenvalue weighted by Gasteiger charge is 2.22. The number of ether oxygens (including phenoxy) is 1. The standard InChI is InChI=1S/C18H20N2O4S/c1-3-13-4-7-15(8-5-13)25(22,23)19-14-6-9-17-16(12-14)18(21)20(2)10-11-24-17/h4-9,12,19H,3,10-11H2,1-2H3. The van der Waals surface area contributed by atoms with Crippen LogP contribution in [0.3, 0.4) is 0 Å². The highest BCUT2D eigenvalue weighted by molar-refractivity contribution is 7.92. The quantitative estimate of drug-likeness (QED) is 0.909. The van der Waals surface area contributed by atoms with Gasteiger partial charge in [-0.3, -0.25) is 9.52 Å². The minimum atomic E-state index is -3.72. The summed E-state index contributed by atoms with van der Waals surface area (Å²) in [6.07, 6.45) is 0.841. The maximum absolute atomic E-state index is 12.5. The van der Waals surface area contributed by atoms with Gasteiger partial charge in [-0.2, -0.15) is 0 Å². The first-order valence-corrected chi connectivity index (χ1v) is 9.53. The van der Waals surface area contributed by atoms with Crippen molar-refractivity contribution in [2.75, 3.05) is 24.9 Å². The minimum Gasteiger partial charge on any atom is -0.491 e. The van der Waals surface area contributed by atoms with Crippen molar-refractivity contribution in [2.45, 2.75) is 18.2 Å². The summed E-state index contributed by atoms with van der Waals surface area (Å²) in [4.78, 5) is 14.1. The van der Waals surface area contributed by atoms with Gasteiger partial charge in [0.1, 0.15) is 12.4 Å². The lowest BCUT2D eigenvalue weighted by atomic mass is 10.1. The molecule has 3 rings (SSSR count). The summed E-state index contributed by atoms with van der Waals surface area (Å²) < 4.78 is 33.2. The van der Waals surface area contributed by atoms with E-state index in [4.69, 9.17) is 4.74 Å². The zero-order valence-electron chi connectivity index (χ0n) is 14.2. The third kappa shape index (κ3) is 3.61. The molecular weight excluding hydrogens is 340 g/mol. The van der Waals surface area contributed by atoms with Crippen LogP contribution in [0.25, 0.3) is 0 Å². The number of amides is 1. The second-order valence-electron chi connectivity index (χ2n) is 5.89. The van der Waals surface area contributed by atoms with Gasteiger partial charge < -0.3 is 9.64 Å². The van der Waals surface area contributed by atoms with Gasteiger partial charge in [0, 0.05) is 12.7 Å². The monoisotopic (exact) mass is 360 g/mol. The Morgan fingerprint density at radius 2 is 1.88 bits per heavy atom. The Labute approximate surface area is 147 Å². The third-order valence-electron chi connectivity index (χ3n) is 4.14. The van der Waals surface area contributed by atoms with E-state index in [1.165, 1.54) is 6.07 Å². The minimum absolute atomic E-state index is 0.180. The summed E-state index contributed by atoms with van der Waals surface area (Å²) >= 11 is 0. The van der Waals surface area contributed by atoms with E-state index in [1.807, 2.05) is 6.92 Å². The molecule has 0 bridgehead atoms. The zero-order chi connectivity index (χ0) is 18.0. The molecule has 0 unspecified atom stereocenters. The van der Waals surface area contributed by atoms with Crippen LogP contribution >= 0.6 is 0 Å². The number of rotatable bonds is 4. The van der Waals surface area contributed by atoms with Crippen LogP contribution < -0.4 is 9.46 Å². The molecule has 0 atom stereocenters. The molecule has 0 spiro atoms. The highest BCUT2D eigenvalue weighted by Crippen LogP contribution is 2.27. The Kier molecular flexibility index (Phi) is 4.67. The second kappa shape index (κ2) is 6.76. The molecule has 0 radical (unpaired) electrons. The number of nitrogens with one attached hydrogen (secondary N) is 1. The molecule has 0 aromatic heterocycles. The van der Waals surface area contributed by atoms with Crippen molar-refractivity contribution >= 4 is 21.6 Å². The number of hydrogen-bond acceptors (Lipinski definition) is 4. The number of fused-ring (bicyclic) bond motifs is 1. The Hall–Kier alpha value is -2.54. The molecule has 2 aromatic rings. The number of carbonyl (C=O) groups is 1. The molecule has 1 heterocycles. The highest BCUT2D eigenvalue weighted by atomic mass is 32.2. The van der Waals surface area contributed by atoms with E-state index in [0.717, 1.165) is 12.0 Å². The third-order valence-corrected chi connectivity index (χ3v) is 5.53. The van der Waals surface area contributed by atoms with Gasteiger partial charge in [-0.1, -0.05) is 19.1 Å². The van der Waals surface area contributed by atoms with Gasteiger partial charge in [0.2, 0.25) is 0 Å². The Morgan fingerprint density at radius 3 is 2.56 bits per heavy atom. The average molecular weight is 360 g/mol. The summed E-state index contributed by atoms with van der Waals surface area (Å²) in [7, 11) is -2.03. The first-order chi connectivity index (χ1) is 11.9. The fraction of sp³-hybridized carbons (Fsp3) is 0.278. The van der Waals surface area contributed by atoms with Crippen molar-refractivity contribution in [3.63, 3.8) is 0 Å². The molecule has 0 fully saturated rings. The maximum atomic E-state index is 12.5. The number of nitrogens with zero attached hydrogens (tertiary/aromatic N) is 1. The van der Waals surface area contributed by atoms with E-state index >= 15 is 0 Å². The lowest BCUT2D eigenvalue weighted by molar-refractivity contribution is 0.0796. The van der Waals surface area contributed by atoms with Gasteiger partial charge in [-0.25, -0.2) is 8.42 Å². The SMILES string of the molecule is CCc1ccc(S(=O)(=O)Nc2ccc3c(c2)C(=O)N(C)CCO3)cc1. The van der Waals surface area contributed by atoms with Crippen LogP contribution in [0.1, 0.15) is 22.8 Å². The van der Waals surface area contributed by atoms with Gasteiger partial charge in [0.25, 0.3) is 15.9 Å². The number of hydrogen-bond donors (Lipinski definition) is 1. The van der Waals surface area contributed by atoms with E-state index in [-0.39, 0.29) is 10.8 Å². The lowest BCUT2D eigenvalue weighted by Gasteiger charge is -2.14. The number of likely N-dealkylation sites (N-methyl/N-ethyl adjacent to an activating group) is 1. The predicted octanol–water partition coefficient (Wildman–Crippen LogP) is 2.51. The zero-order valence-corrected chi connectivity index (χ0v) is 15.0. The summed E-state index contributed by atoms with van der Waals surface area (Å²) in [5.74, 6) is 0.269. The first kappa shape index (κ1) is 17.3. The number of anilines is 1. The smallest absolute Gasteiger partial charge is 0.261 e. The normalized spacial score (nSPS) is 14.5. The molecule has 1 aliphatic heterocycles. The molecule has 1 amide bonds. The molecule has 0 saturated heterocycles. The Morgan fingerprint density at radius 1 is 1.16 bits per heavy atom. The topological polar surface area (TPSA) is 75.7 Å². The van der Waals surface area contributed by atoms with E-state index in [0.29, 0.717) is 30.2 Å². The summed E-state index contributed by atoms with van der Waals surface area (Å²) in [5.41, 5.74) is 1.74. The van der Waals surface area contributed by atoms with Crippen LogP contribution in [0, 0.1) is 0 Å². The largest absolute Gasteiger partial charge is 0.491 e. The number of aryl methyl sites for hydroxylation is 1. The summed E-state index contributed by atoms with van der Waals surface area (Å²) in [6.45, 7) is 2.90. The molecule has 1 N–H and O–H groups in total. The molecule has 6 nitrogen and oxygen atoms in total. The van der Waals surface area contributed by atoms with Crippen LogP contribution in [0.5, 0.6) is 5.75 Å². The lowest BCUT2D eigenvalue weighted by Crippen LogP contribution is -2.27. The van der Waals surface area contributed by atoms with Crippen molar-refractivity contribution in [2.24, 2.45) is 0 Å². The van der Waals surface area contributed by atoms with Crippen molar-refractivity contribution in [3.05, 3.63) is 53.6 Å². The van der Waals surface area contributed by atoms with Crippen LogP contribution in [-0.2, 0) is 16.4 Å². The molecule has 7 heteroatoms. The molecule has 0 saturated carbocycles. The number of carbonyl (C=O) groups excluding carboxylic acids is 1. The maximum Gasteiger partial charge on any atom is 0.261 e. The number of benzene rings is 2. The van der Waals surface area contributed by atoms with Crippen LogP contribution in [0.15, 0.2) is 47.4 Å². The molecule has 25 heavy (non-hydrogen) atoms.